The van der Waals surface area contributed by atoms with Crippen LogP contribution in [-0.2, 0) is 9.53 Å². The highest BCUT2D eigenvalue weighted by Gasteiger charge is 2.34. The molecule has 5 nitrogen and oxygen atoms in total. The number of hydrogen-bond donors (Lipinski definition) is 0. The van der Waals surface area contributed by atoms with Crippen molar-refractivity contribution in [2.24, 2.45) is 0 Å². The lowest BCUT2D eigenvalue weighted by Gasteiger charge is -2.23. The molecule has 2 aromatic carbocycles. The molecule has 1 aliphatic rings. The number of esters is 1. The number of nitrogens with zero attached hydrogens (tertiary/aromatic N) is 2. The average molecular weight is 467 g/mol. The molecule has 176 valence electrons. The normalized spacial score (nSPS) is 14.1. The van der Waals surface area contributed by atoms with Gasteiger partial charge < -0.3 is 14.5 Å². The van der Waals surface area contributed by atoms with Gasteiger partial charge in [-0.05, 0) is 31.5 Å². The maximum Gasteiger partial charge on any atom is 0.344 e. The number of fused-ring (bicyclic) bond motifs is 1. The molecule has 0 unspecified atom stereocenters. The summed E-state index contributed by atoms with van der Waals surface area (Å²) in [6.45, 7) is 4.94. The third-order valence-electron chi connectivity index (χ3n) is 5.64. The van der Waals surface area contributed by atoms with Crippen molar-refractivity contribution in [3.05, 3.63) is 64.7 Å². The molecule has 0 spiro atoms. The van der Waals surface area contributed by atoms with Crippen LogP contribution in [0.3, 0.4) is 0 Å². The van der Waals surface area contributed by atoms with E-state index in [0.29, 0.717) is 10.6 Å². The van der Waals surface area contributed by atoms with Crippen LogP contribution in [0.1, 0.15) is 56.3 Å². The second-order valence-corrected chi connectivity index (χ2v) is 9.34. The van der Waals surface area contributed by atoms with Crippen molar-refractivity contribution in [2.75, 3.05) is 37.0 Å². The van der Waals surface area contributed by atoms with Gasteiger partial charge in [-0.15, -0.1) is 0 Å². The number of ether oxygens (including phenoxy) is 1. The highest BCUT2D eigenvalue weighted by atomic mass is 32.2. The topological polar surface area (TPSA) is 49.9 Å². The van der Waals surface area contributed by atoms with Crippen molar-refractivity contribution in [3.63, 3.8) is 0 Å². The van der Waals surface area contributed by atoms with Crippen LogP contribution < -0.4 is 9.80 Å². The molecule has 0 fully saturated rings. The van der Waals surface area contributed by atoms with E-state index in [1.165, 1.54) is 31.0 Å². The van der Waals surface area contributed by atoms with Gasteiger partial charge in [-0.25, -0.2) is 4.79 Å². The summed E-state index contributed by atoms with van der Waals surface area (Å²) >= 11 is 1.49. The van der Waals surface area contributed by atoms with Crippen LogP contribution in [0.15, 0.2) is 64.0 Å². The molecule has 0 aliphatic carbocycles. The second kappa shape index (κ2) is 11.9. The molecule has 1 heterocycles. The Morgan fingerprint density at radius 3 is 2.36 bits per heavy atom. The molecule has 0 bridgehead atoms. The summed E-state index contributed by atoms with van der Waals surface area (Å²) in [5.41, 5.74) is 2.72. The summed E-state index contributed by atoms with van der Waals surface area (Å²) in [5.74, 6) is -0.862. The molecule has 33 heavy (non-hydrogen) atoms. The van der Waals surface area contributed by atoms with Crippen LogP contribution in [0, 0.1) is 0 Å². The quantitative estimate of drug-likeness (QED) is 0.0968. The zero-order valence-corrected chi connectivity index (χ0v) is 20.9. The summed E-state index contributed by atoms with van der Waals surface area (Å²) in [4.78, 5) is 31.9. The Morgan fingerprint density at radius 1 is 0.970 bits per heavy atom. The summed E-state index contributed by atoms with van der Waals surface area (Å²) in [5, 5.41) is 0.670. The van der Waals surface area contributed by atoms with E-state index in [1.807, 2.05) is 32.3 Å². The highest BCUT2D eigenvalue weighted by molar-refractivity contribution is 8.03. The maximum atomic E-state index is 13.5. The molecule has 0 saturated carbocycles. The number of benzene rings is 2. The Hall–Kier alpha value is -2.73. The van der Waals surface area contributed by atoms with E-state index >= 15 is 0 Å². The standard InChI is InChI=1S/C27H34N2O3S/c1-5-7-8-9-13-18-29-22-17-16-21(28(3)4)19-23(22)33-26(29)24(27(31)32-6-2)25(30)20-14-11-10-12-15-20/h10-12,14-17,19H,5-9,13,18H2,1-4H3. The fourth-order valence-electron chi connectivity index (χ4n) is 3.85. The zero-order valence-electron chi connectivity index (χ0n) is 20.1. The van der Waals surface area contributed by atoms with Gasteiger partial charge in [-0.1, -0.05) is 74.7 Å². The summed E-state index contributed by atoms with van der Waals surface area (Å²) in [7, 11) is 4.01. The number of ketones is 1. The lowest BCUT2D eigenvalue weighted by Crippen LogP contribution is -2.26. The Kier molecular flexibility index (Phi) is 9.01. The molecule has 0 radical (unpaired) electrons. The number of anilines is 2. The van der Waals surface area contributed by atoms with Crippen LogP contribution >= 0.6 is 11.8 Å². The first-order valence-electron chi connectivity index (χ1n) is 11.8. The lowest BCUT2D eigenvalue weighted by molar-refractivity contribution is -0.138. The average Bonchev–Trinajstić information content (AvgIpc) is 3.17. The fourth-order valence-corrected chi connectivity index (χ4v) is 5.10. The van der Waals surface area contributed by atoms with Crippen molar-refractivity contribution in [2.45, 2.75) is 50.8 Å². The van der Waals surface area contributed by atoms with E-state index in [4.69, 9.17) is 4.74 Å². The molecular weight excluding hydrogens is 432 g/mol. The van der Waals surface area contributed by atoms with Crippen LogP contribution in [0.4, 0.5) is 11.4 Å². The highest BCUT2D eigenvalue weighted by Crippen LogP contribution is 2.49. The van der Waals surface area contributed by atoms with Gasteiger partial charge in [0.2, 0.25) is 5.78 Å². The monoisotopic (exact) mass is 466 g/mol. The summed E-state index contributed by atoms with van der Waals surface area (Å²) in [6.07, 6.45) is 5.72. The number of hydrogen-bond acceptors (Lipinski definition) is 6. The molecule has 3 rings (SSSR count). The molecule has 0 atom stereocenters. The third-order valence-corrected chi connectivity index (χ3v) is 6.81. The van der Waals surface area contributed by atoms with Gasteiger partial charge in [0.15, 0.2) is 0 Å². The van der Waals surface area contributed by atoms with Crippen LogP contribution in [0.2, 0.25) is 0 Å². The first-order chi connectivity index (χ1) is 16.0. The van der Waals surface area contributed by atoms with E-state index < -0.39 is 5.97 Å². The van der Waals surface area contributed by atoms with Gasteiger partial charge in [0.1, 0.15) is 5.57 Å². The predicted octanol–water partition coefficient (Wildman–Crippen LogP) is 6.29. The number of unbranched alkanes of at least 4 members (excludes halogenated alkanes) is 4. The number of thioether (sulfide) groups is 1. The second-order valence-electron chi connectivity index (χ2n) is 8.31. The molecule has 6 heteroatoms. The minimum Gasteiger partial charge on any atom is -0.462 e. The van der Waals surface area contributed by atoms with Gasteiger partial charge in [0, 0.05) is 36.8 Å². The first kappa shape index (κ1) is 24.9. The molecule has 0 amide bonds. The maximum absolute atomic E-state index is 13.5. The van der Waals surface area contributed by atoms with E-state index in [0.717, 1.165) is 35.7 Å². The molecule has 0 N–H and O–H groups in total. The van der Waals surface area contributed by atoms with E-state index in [2.05, 4.69) is 34.9 Å². The molecular formula is C27H34N2O3S. The minimum atomic E-state index is -0.564. The van der Waals surface area contributed by atoms with Crippen molar-refractivity contribution in [1.82, 2.24) is 0 Å². The Bertz CT molecular complexity index is 1000. The number of carbonyl (C=O) groups is 2. The van der Waals surface area contributed by atoms with Crippen LogP contribution in [-0.4, -0.2) is 39.0 Å². The SMILES string of the molecule is CCCCCCCN1C(=C(C(=O)OCC)C(=O)c2ccccc2)Sc2cc(N(C)C)ccc21. The molecule has 1 aliphatic heterocycles. The van der Waals surface area contributed by atoms with Crippen molar-refractivity contribution >= 4 is 34.9 Å². The Labute approximate surface area is 201 Å². The van der Waals surface area contributed by atoms with Gasteiger partial charge in [-0.2, -0.15) is 0 Å². The number of Topliss-reactive ketones (excluding diaryl/α,β-unsaturated/α-hetero) is 1. The van der Waals surface area contributed by atoms with Crippen molar-refractivity contribution in [1.29, 1.82) is 0 Å². The van der Waals surface area contributed by atoms with Crippen molar-refractivity contribution < 1.29 is 14.3 Å². The first-order valence-corrected chi connectivity index (χ1v) is 12.6. The zero-order chi connectivity index (χ0) is 23.8. The van der Waals surface area contributed by atoms with Crippen LogP contribution in [0.25, 0.3) is 0 Å². The number of carbonyl (C=O) groups excluding carboxylic acids is 2. The summed E-state index contributed by atoms with van der Waals surface area (Å²) in [6, 6.07) is 15.3. The third kappa shape index (κ3) is 5.99. The van der Waals surface area contributed by atoms with Gasteiger partial charge in [-0.3, -0.25) is 4.79 Å². The van der Waals surface area contributed by atoms with E-state index in [1.54, 1.807) is 19.1 Å². The van der Waals surface area contributed by atoms with Crippen molar-refractivity contribution in [3.8, 4) is 0 Å². The van der Waals surface area contributed by atoms with Gasteiger partial charge >= 0.3 is 5.97 Å². The largest absolute Gasteiger partial charge is 0.462 e. The lowest BCUT2D eigenvalue weighted by atomic mass is 10.0. The van der Waals surface area contributed by atoms with E-state index in [-0.39, 0.29) is 18.0 Å². The Balaban J connectivity index is 2.05. The fraction of sp³-hybridized carbons (Fsp3) is 0.407. The van der Waals surface area contributed by atoms with Gasteiger partial charge in [0.05, 0.1) is 17.3 Å². The summed E-state index contributed by atoms with van der Waals surface area (Å²) < 4.78 is 5.36. The van der Waals surface area contributed by atoms with Crippen LogP contribution in [0.5, 0.6) is 0 Å². The number of rotatable bonds is 11. The smallest absolute Gasteiger partial charge is 0.344 e. The minimum absolute atomic E-state index is 0.115. The predicted molar refractivity (Wildman–Crippen MR) is 137 cm³/mol. The molecule has 2 aromatic rings. The molecule has 0 aromatic heterocycles. The van der Waals surface area contributed by atoms with Gasteiger partial charge in [0.25, 0.3) is 0 Å². The Morgan fingerprint density at radius 2 is 1.70 bits per heavy atom. The van der Waals surface area contributed by atoms with E-state index in [9.17, 15) is 9.59 Å². The molecule has 0 saturated heterocycles.